The molecule has 0 fully saturated rings. The Kier molecular flexibility index (Phi) is 2.88. The van der Waals surface area contributed by atoms with Gasteiger partial charge in [0.25, 0.3) is 0 Å². The minimum absolute atomic E-state index is 1.25. The maximum atomic E-state index is 2.50. The lowest BCUT2D eigenvalue weighted by atomic mass is 10.00. The van der Waals surface area contributed by atoms with Gasteiger partial charge < -0.3 is 9.30 Å². The molecule has 0 aliphatic heterocycles. The van der Waals surface area contributed by atoms with Gasteiger partial charge in [0, 0.05) is 30.9 Å². The van der Waals surface area contributed by atoms with E-state index in [1.165, 1.54) is 60.2 Å². The van der Waals surface area contributed by atoms with Gasteiger partial charge in [-0.3, -0.25) is 0 Å². The van der Waals surface area contributed by atoms with Gasteiger partial charge in [0.05, 0.1) is 33.0 Å². The van der Waals surface area contributed by atoms with Gasteiger partial charge in [-0.1, -0.05) is 36.4 Å². The van der Waals surface area contributed by atoms with Gasteiger partial charge in [0.2, 0.25) is 5.52 Å². The fourth-order valence-electron chi connectivity index (χ4n) is 5.02. The van der Waals surface area contributed by atoms with E-state index in [-0.39, 0.29) is 0 Å². The summed E-state index contributed by atoms with van der Waals surface area (Å²) in [5.41, 5.74) is 7.78. The first-order valence-corrected chi connectivity index (χ1v) is 9.74. The Bertz CT molecular complexity index is 1550. The summed E-state index contributed by atoms with van der Waals surface area (Å²) in [6.45, 7) is 2.23. The summed E-state index contributed by atoms with van der Waals surface area (Å²) < 4.78 is 4.78. The van der Waals surface area contributed by atoms with Crippen LogP contribution in [0.3, 0.4) is 0 Å². The van der Waals surface area contributed by atoms with E-state index in [4.69, 9.17) is 0 Å². The minimum Gasteiger partial charge on any atom is -0.376 e. The lowest BCUT2D eigenvalue weighted by Gasteiger charge is -2.16. The van der Waals surface area contributed by atoms with Crippen molar-refractivity contribution in [2.45, 2.75) is 6.92 Å². The Morgan fingerprint density at radius 2 is 1.61 bits per heavy atom. The quantitative estimate of drug-likeness (QED) is 0.222. The largest absolute Gasteiger partial charge is 0.376 e. The van der Waals surface area contributed by atoms with Crippen molar-refractivity contribution in [2.75, 3.05) is 19.0 Å². The molecule has 6 aromatic rings. The molecule has 0 radical (unpaired) electrons. The average molecular weight is 364 g/mol. The van der Waals surface area contributed by atoms with E-state index >= 15 is 0 Å². The number of aryl methyl sites for hydroxylation is 2. The van der Waals surface area contributed by atoms with Crippen LogP contribution < -0.4 is 9.47 Å². The number of rotatable bonds is 1. The molecule has 0 bridgehead atoms. The van der Waals surface area contributed by atoms with Crippen LogP contribution in [0.2, 0.25) is 0 Å². The lowest BCUT2D eigenvalue weighted by molar-refractivity contribution is -0.643. The van der Waals surface area contributed by atoms with Gasteiger partial charge in [0.15, 0.2) is 6.20 Å². The SMILES string of the molecule is Cc1ccc2c3cccc(N(C)C)c3n3c4cccc5cc[n+](C)c(c1c23)c54. The maximum Gasteiger partial charge on any atom is 0.224 e. The monoisotopic (exact) mass is 364 g/mol. The number of fused-ring (bicyclic) bond motifs is 5. The van der Waals surface area contributed by atoms with Crippen LogP contribution in [0.1, 0.15) is 5.56 Å². The number of aromatic nitrogens is 2. The van der Waals surface area contributed by atoms with Crippen LogP contribution in [0.5, 0.6) is 0 Å². The highest BCUT2D eigenvalue weighted by Gasteiger charge is 2.24. The molecular weight excluding hydrogens is 342 g/mol. The number of hydrogen-bond acceptors (Lipinski definition) is 1. The smallest absolute Gasteiger partial charge is 0.224 e. The summed E-state index contributed by atoms with van der Waals surface area (Å²) in [5.74, 6) is 0. The Labute approximate surface area is 163 Å². The number of para-hydroxylation sites is 1. The summed E-state index contributed by atoms with van der Waals surface area (Å²) in [7, 11) is 6.42. The molecular formula is C25H22N3+. The van der Waals surface area contributed by atoms with Crippen molar-refractivity contribution in [3.8, 4) is 0 Å². The molecule has 0 amide bonds. The van der Waals surface area contributed by atoms with Crippen LogP contribution in [-0.4, -0.2) is 18.5 Å². The average Bonchev–Trinajstić information content (AvgIpc) is 3.03. The Morgan fingerprint density at radius 3 is 2.43 bits per heavy atom. The molecule has 0 atom stereocenters. The van der Waals surface area contributed by atoms with Crippen LogP contribution in [0.25, 0.3) is 49.0 Å². The first kappa shape index (κ1) is 15.7. The molecule has 3 nitrogen and oxygen atoms in total. The minimum atomic E-state index is 1.25. The van der Waals surface area contributed by atoms with E-state index < -0.39 is 0 Å². The van der Waals surface area contributed by atoms with Gasteiger partial charge in [-0.05, 0) is 30.0 Å². The fourth-order valence-corrected chi connectivity index (χ4v) is 5.02. The second kappa shape index (κ2) is 5.14. The third kappa shape index (κ3) is 1.72. The fraction of sp³-hybridized carbons (Fsp3) is 0.160. The number of pyridine rings is 2. The Balaban J connectivity index is 2.12. The second-order valence-electron chi connectivity index (χ2n) is 8.07. The normalized spacial score (nSPS) is 12.3. The third-order valence-electron chi connectivity index (χ3n) is 6.24. The number of benzene rings is 3. The maximum absolute atomic E-state index is 2.50. The highest BCUT2D eigenvalue weighted by atomic mass is 15.1. The number of hydrogen-bond donors (Lipinski definition) is 0. The first-order chi connectivity index (χ1) is 13.6. The molecule has 136 valence electrons. The van der Waals surface area contributed by atoms with Gasteiger partial charge >= 0.3 is 0 Å². The molecule has 0 aliphatic carbocycles. The predicted octanol–water partition coefficient (Wildman–Crippen LogP) is 5.19. The molecule has 0 aliphatic rings. The molecule has 0 spiro atoms. The number of anilines is 1. The van der Waals surface area contributed by atoms with E-state index in [1.807, 2.05) is 0 Å². The molecule has 3 heteroatoms. The van der Waals surface area contributed by atoms with Crippen molar-refractivity contribution in [1.29, 1.82) is 0 Å². The van der Waals surface area contributed by atoms with Crippen molar-refractivity contribution < 1.29 is 4.57 Å². The third-order valence-corrected chi connectivity index (χ3v) is 6.24. The van der Waals surface area contributed by atoms with Crippen molar-refractivity contribution >= 4 is 54.7 Å². The van der Waals surface area contributed by atoms with E-state index in [2.05, 4.69) is 103 Å². The van der Waals surface area contributed by atoms with Crippen molar-refractivity contribution in [3.63, 3.8) is 0 Å². The summed E-state index contributed by atoms with van der Waals surface area (Å²) >= 11 is 0. The molecule has 0 N–H and O–H groups in total. The van der Waals surface area contributed by atoms with Crippen LogP contribution >= 0.6 is 0 Å². The van der Waals surface area contributed by atoms with Gasteiger partial charge in [0.1, 0.15) is 7.05 Å². The molecule has 0 unspecified atom stereocenters. The highest BCUT2D eigenvalue weighted by Crippen LogP contribution is 2.42. The van der Waals surface area contributed by atoms with Crippen molar-refractivity contribution in [2.24, 2.45) is 7.05 Å². The van der Waals surface area contributed by atoms with Gasteiger partial charge in [-0.15, -0.1) is 0 Å². The van der Waals surface area contributed by atoms with E-state index in [0.717, 1.165) is 0 Å². The molecule has 0 saturated carbocycles. The van der Waals surface area contributed by atoms with E-state index in [0.29, 0.717) is 0 Å². The zero-order valence-electron chi connectivity index (χ0n) is 16.6. The summed E-state index contributed by atoms with van der Waals surface area (Å²) in [5, 5.41) is 6.62. The van der Waals surface area contributed by atoms with Gasteiger partial charge in [-0.25, -0.2) is 4.57 Å². The molecule has 3 aromatic heterocycles. The Hall–Kier alpha value is -3.33. The molecule has 6 rings (SSSR count). The number of nitrogens with zero attached hydrogens (tertiary/aromatic N) is 3. The van der Waals surface area contributed by atoms with Crippen LogP contribution in [0.15, 0.2) is 60.8 Å². The van der Waals surface area contributed by atoms with Crippen molar-refractivity contribution in [1.82, 2.24) is 4.40 Å². The molecule has 0 saturated heterocycles. The zero-order chi connectivity index (χ0) is 19.2. The predicted molar refractivity (Wildman–Crippen MR) is 119 cm³/mol. The molecule has 3 heterocycles. The second-order valence-corrected chi connectivity index (χ2v) is 8.07. The Morgan fingerprint density at radius 1 is 0.821 bits per heavy atom. The molecule has 28 heavy (non-hydrogen) atoms. The van der Waals surface area contributed by atoms with Crippen LogP contribution in [-0.2, 0) is 7.05 Å². The van der Waals surface area contributed by atoms with E-state index in [1.54, 1.807) is 0 Å². The first-order valence-electron chi connectivity index (χ1n) is 9.74. The zero-order valence-corrected chi connectivity index (χ0v) is 16.6. The summed E-state index contributed by atoms with van der Waals surface area (Å²) in [4.78, 5) is 2.22. The van der Waals surface area contributed by atoms with Crippen molar-refractivity contribution in [3.05, 3.63) is 66.4 Å². The topological polar surface area (TPSA) is 11.5 Å². The summed E-state index contributed by atoms with van der Waals surface area (Å²) in [6, 6.07) is 20.1. The highest BCUT2D eigenvalue weighted by molar-refractivity contribution is 6.26. The van der Waals surface area contributed by atoms with E-state index in [9.17, 15) is 0 Å². The summed E-state index contributed by atoms with van der Waals surface area (Å²) in [6.07, 6.45) is 2.18. The molecule has 3 aromatic carbocycles. The van der Waals surface area contributed by atoms with Crippen LogP contribution in [0, 0.1) is 6.92 Å². The van der Waals surface area contributed by atoms with Crippen LogP contribution in [0.4, 0.5) is 5.69 Å². The lowest BCUT2D eigenvalue weighted by Crippen LogP contribution is -2.28. The standard InChI is InChI=1S/C25H22N3/c1-15-11-12-18-17-8-6-10-20(26(2)3)23(17)28-19-9-5-7-16-13-14-27(4)25(22(16)19)21(15)24(18)28/h5-14H,1-4H3/q+1. The van der Waals surface area contributed by atoms with Gasteiger partial charge in [-0.2, -0.15) is 0 Å².